The molecule has 1 saturated carbocycles. The summed E-state index contributed by atoms with van der Waals surface area (Å²) in [6.07, 6.45) is 5.15. The zero-order chi connectivity index (χ0) is 13.2. The van der Waals surface area contributed by atoms with E-state index in [4.69, 9.17) is 0 Å². The van der Waals surface area contributed by atoms with E-state index in [1.54, 1.807) is 0 Å². The number of H-pyrrole nitrogens is 1. The number of hydrogen-bond donors (Lipinski definition) is 3. The molecule has 2 atom stereocenters. The molecule has 3 N–H and O–H groups in total. The van der Waals surface area contributed by atoms with Crippen LogP contribution in [-0.4, -0.2) is 28.1 Å². The molecule has 1 aliphatic carbocycles. The van der Waals surface area contributed by atoms with Crippen molar-refractivity contribution >= 4 is 16.8 Å². The third kappa shape index (κ3) is 2.36. The van der Waals surface area contributed by atoms with E-state index in [0.29, 0.717) is 5.56 Å². The van der Waals surface area contributed by atoms with Gasteiger partial charge in [0.1, 0.15) is 0 Å². The number of carbonyl (C=O) groups is 1. The van der Waals surface area contributed by atoms with E-state index in [9.17, 15) is 9.90 Å². The van der Waals surface area contributed by atoms with Gasteiger partial charge in [0, 0.05) is 11.6 Å². The van der Waals surface area contributed by atoms with Gasteiger partial charge in [-0.3, -0.25) is 4.79 Å². The van der Waals surface area contributed by atoms with Crippen molar-refractivity contribution in [1.82, 2.24) is 10.3 Å². The number of aliphatic hydroxyl groups excluding tert-OH is 1. The van der Waals surface area contributed by atoms with Gasteiger partial charge in [0.25, 0.3) is 5.91 Å². The summed E-state index contributed by atoms with van der Waals surface area (Å²) in [6.45, 7) is 0. The fourth-order valence-corrected chi connectivity index (χ4v) is 2.80. The second-order valence-electron chi connectivity index (χ2n) is 5.18. The standard InChI is InChI=1S/C15H18N2O2/c18-13-7-2-1-6-12(13)17-15(19)11-5-3-4-10-8-9-16-14(10)11/h3-5,8-9,12-13,16,18H,1-2,6-7H2,(H,17,19). The van der Waals surface area contributed by atoms with Gasteiger partial charge in [0.05, 0.1) is 23.2 Å². The zero-order valence-corrected chi connectivity index (χ0v) is 10.7. The second kappa shape index (κ2) is 5.05. The van der Waals surface area contributed by atoms with Gasteiger partial charge in [-0.05, 0) is 25.0 Å². The van der Waals surface area contributed by atoms with E-state index >= 15 is 0 Å². The molecule has 1 fully saturated rings. The maximum atomic E-state index is 12.3. The Morgan fingerprint density at radius 2 is 2.11 bits per heavy atom. The molecule has 1 heterocycles. The maximum Gasteiger partial charge on any atom is 0.253 e. The number of aromatic amines is 1. The number of carbonyl (C=O) groups excluding carboxylic acids is 1. The fraction of sp³-hybridized carbons (Fsp3) is 0.400. The predicted octanol–water partition coefficient (Wildman–Crippen LogP) is 2.20. The predicted molar refractivity (Wildman–Crippen MR) is 74.0 cm³/mol. The quantitative estimate of drug-likeness (QED) is 0.773. The first-order valence-corrected chi connectivity index (χ1v) is 6.81. The average molecular weight is 258 g/mol. The molecule has 1 aromatic carbocycles. The van der Waals surface area contributed by atoms with Crippen molar-refractivity contribution in [2.24, 2.45) is 0 Å². The van der Waals surface area contributed by atoms with Crippen molar-refractivity contribution < 1.29 is 9.90 Å². The Bertz CT molecular complexity index is 591. The Morgan fingerprint density at radius 1 is 1.26 bits per heavy atom. The molecule has 0 aliphatic heterocycles. The summed E-state index contributed by atoms with van der Waals surface area (Å²) < 4.78 is 0. The molecule has 2 aromatic rings. The highest BCUT2D eigenvalue weighted by atomic mass is 16.3. The van der Waals surface area contributed by atoms with Crippen molar-refractivity contribution in [3.8, 4) is 0 Å². The molecule has 0 spiro atoms. The Labute approximate surface area is 111 Å². The molecule has 1 aliphatic rings. The number of para-hydroxylation sites is 1. The topological polar surface area (TPSA) is 65.1 Å². The summed E-state index contributed by atoms with van der Waals surface area (Å²) >= 11 is 0. The lowest BCUT2D eigenvalue weighted by molar-refractivity contribution is 0.0718. The van der Waals surface area contributed by atoms with Crippen molar-refractivity contribution in [2.75, 3.05) is 0 Å². The average Bonchev–Trinajstić information content (AvgIpc) is 2.89. The van der Waals surface area contributed by atoms with E-state index in [0.717, 1.165) is 36.6 Å². The van der Waals surface area contributed by atoms with Crippen LogP contribution in [0.4, 0.5) is 0 Å². The number of fused-ring (bicyclic) bond motifs is 1. The molecule has 19 heavy (non-hydrogen) atoms. The van der Waals surface area contributed by atoms with Crippen LogP contribution < -0.4 is 5.32 Å². The lowest BCUT2D eigenvalue weighted by atomic mass is 9.92. The highest BCUT2D eigenvalue weighted by Crippen LogP contribution is 2.20. The summed E-state index contributed by atoms with van der Waals surface area (Å²) in [5, 5.41) is 13.9. The summed E-state index contributed by atoms with van der Waals surface area (Å²) in [5.74, 6) is -0.112. The first kappa shape index (κ1) is 12.2. The van der Waals surface area contributed by atoms with Crippen molar-refractivity contribution in [1.29, 1.82) is 0 Å². The van der Waals surface area contributed by atoms with E-state index in [2.05, 4.69) is 10.3 Å². The summed E-state index contributed by atoms with van der Waals surface area (Å²) in [7, 11) is 0. The molecular weight excluding hydrogens is 240 g/mol. The van der Waals surface area contributed by atoms with E-state index < -0.39 is 6.10 Å². The monoisotopic (exact) mass is 258 g/mol. The van der Waals surface area contributed by atoms with Crippen LogP contribution in [0.25, 0.3) is 10.9 Å². The van der Waals surface area contributed by atoms with Gasteiger partial charge in [-0.1, -0.05) is 25.0 Å². The summed E-state index contributed by atoms with van der Waals surface area (Å²) in [4.78, 5) is 15.4. The summed E-state index contributed by atoms with van der Waals surface area (Å²) in [6, 6.07) is 7.48. The minimum absolute atomic E-state index is 0.112. The third-order valence-electron chi connectivity index (χ3n) is 3.88. The van der Waals surface area contributed by atoms with E-state index in [-0.39, 0.29) is 11.9 Å². The van der Waals surface area contributed by atoms with Crippen LogP contribution in [-0.2, 0) is 0 Å². The number of rotatable bonds is 2. The molecule has 1 amide bonds. The number of aliphatic hydroxyl groups is 1. The van der Waals surface area contributed by atoms with Gasteiger partial charge in [-0.2, -0.15) is 0 Å². The first-order valence-electron chi connectivity index (χ1n) is 6.81. The van der Waals surface area contributed by atoms with Gasteiger partial charge in [-0.25, -0.2) is 0 Å². The highest BCUT2D eigenvalue weighted by Gasteiger charge is 2.25. The van der Waals surface area contributed by atoms with Crippen LogP contribution in [0.1, 0.15) is 36.0 Å². The molecule has 3 rings (SSSR count). The van der Waals surface area contributed by atoms with E-state index in [1.807, 2.05) is 30.5 Å². The molecule has 4 nitrogen and oxygen atoms in total. The molecule has 4 heteroatoms. The number of aromatic nitrogens is 1. The van der Waals surface area contributed by atoms with Crippen LogP contribution >= 0.6 is 0 Å². The molecule has 2 unspecified atom stereocenters. The van der Waals surface area contributed by atoms with E-state index in [1.165, 1.54) is 0 Å². The van der Waals surface area contributed by atoms with Crippen molar-refractivity contribution in [3.63, 3.8) is 0 Å². The number of benzene rings is 1. The Kier molecular flexibility index (Phi) is 3.25. The van der Waals surface area contributed by atoms with Crippen LogP contribution in [0, 0.1) is 0 Å². The molecular formula is C15H18N2O2. The summed E-state index contributed by atoms with van der Waals surface area (Å²) in [5.41, 5.74) is 1.49. The highest BCUT2D eigenvalue weighted by molar-refractivity contribution is 6.05. The smallest absolute Gasteiger partial charge is 0.253 e. The molecule has 0 radical (unpaired) electrons. The van der Waals surface area contributed by atoms with Crippen LogP contribution in [0.5, 0.6) is 0 Å². The molecule has 0 bridgehead atoms. The zero-order valence-electron chi connectivity index (χ0n) is 10.7. The lowest BCUT2D eigenvalue weighted by Crippen LogP contribution is -2.45. The van der Waals surface area contributed by atoms with Gasteiger partial charge in [-0.15, -0.1) is 0 Å². The van der Waals surface area contributed by atoms with Gasteiger partial charge in [0.15, 0.2) is 0 Å². The molecule has 100 valence electrons. The number of hydrogen-bond acceptors (Lipinski definition) is 2. The van der Waals surface area contributed by atoms with Crippen molar-refractivity contribution in [2.45, 2.75) is 37.8 Å². The largest absolute Gasteiger partial charge is 0.391 e. The first-order chi connectivity index (χ1) is 9.25. The van der Waals surface area contributed by atoms with Gasteiger partial charge in [0.2, 0.25) is 0 Å². The second-order valence-corrected chi connectivity index (χ2v) is 5.18. The van der Waals surface area contributed by atoms with Crippen LogP contribution in [0.2, 0.25) is 0 Å². The minimum Gasteiger partial charge on any atom is -0.391 e. The third-order valence-corrected chi connectivity index (χ3v) is 3.88. The Hall–Kier alpha value is -1.81. The molecule has 0 saturated heterocycles. The molecule has 1 aromatic heterocycles. The van der Waals surface area contributed by atoms with Crippen LogP contribution in [0.3, 0.4) is 0 Å². The number of amides is 1. The van der Waals surface area contributed by atoms with Crippen molar-refractivity contribution in [3.05, 3.63) is 36.0 Å². The van der Waals surface area contributed by atoms with Gasteiger partial charge < -0.3 is 15.4 Å². The Balaban J connectivity index is 1.82. The number of nitrogens with one attached hydrogen (secondary N) is 2. The van der Waals surface area contributed by atoms with Gasteiger partial charge >= 0.3 is 0 Å². The Morgan fingerprint density at radius 3 is 2.95 bits per heavy atom. The lowest BCUT2D eigenvalue weighted by Gasteiger charge is -2.28. The minimum atomic E-state index is -0.416. The fourth-order valence-electron chi connectivity index (χ4n) is 2.80. The van der Waals surface area contributed by atoms with Crippen LogP contribution in [0.15, 0.2) is 30.5 Å². The maximum absolute atomic E-state index is 12.3. The normalized spacial score (nSPS) is 23.4. The SMILES string of the molecule is O=C(NC1CCCCC1O)c1cccc2cc[nH]c12.